The van der Waals surface area contributed by atoms with Gasteiger partial charge in [0.2, 0.25) is 0 Å². The van der Waals surface area contributed by atoms with Gasteiger partial charge in [-0.25, -0.2) is 0 Å². The van der Waals surface area contributed by atoms with E-state index in [1.165, 1.54) is 32.1 Å². The summed E-state index contributed by atoms with van der Waals surface area (Å²) in [5.41, 5.74) is 1.68. The van der Waals surface area contributed by atoms with Gasteiger partial charge in [-0.05, 0) is 73.5 Å². The number of hydrogen-bond acceptors (Lipinski definition) is 3. The van der Waals surface area contributed by atoms with Crippen LogP contribution in [0.4, 0.5) is 5.69 Å². The van der Waals surface area contributed by atoms with Crippen molar-refractivity contribution in [2.75, 3.05) is 5.32 Å². The zero-order valence-electron chi connectivity index (χ0n) is 12.8. The molecule has 0 saturated heterocycles. The molecule has 112 valence electrons. The second kappa shape index (κ2) is 5.03. The van der Waals surface area contributed by atoms with Gasteiger partial charge in [-0.2, -0.15) is 10.5 Å². The van der Waals surface area contributed by atoms with Crippen LogP contribution in [0.1, 0.15) is 37.7 Å². The van der Waals surface area contributed by atoms with Crippen molar-refractivity contribution in [2.24, 2.45) is 23.7 Å². The van der Waals surface area contributed by atoms with Gasteiger partial charge in [-0.1, -0.05) is 12.1 Å². The van der Waals surface area contributed by atoms with E-state index in [0.29, 0.717) is 18.3 Å². The predicted octanol–water partition coefficient (Wildman–Crippen LogP) is 3.88. The Hall–Kier alpha value is -2.00. The molecule has 3 nitrogen and oxygen atoms in total. The van der Waals surface area contributed by atoms with Crippen LogP contribution in [0.3, 0.4) is 0 Å². The maximum absolute atomic E-state index is 9.99. The molecular formula is C19H21N3. The molecule has 4 bridgehead atoms. The monoisotopic (exact) mass is 291 g/mol. The van der Waals surface area contributed by atoms with Crippen molar-refractivity contribution in [3.8, 4) is 12.1 Å². The van der Waals surface area contributed by atoms with E-state index < -0.39 is 0 Å². The molecule has 1 N–H and O–H groups in total. The first kappa shape index (κ1) is 13.6. The summed E-state index contributed by atoms with van der Waals surface area (Å²) in [7, 11) is 0. The van der Waals surface area contributed by atoms with Crippen molar-refractivity contribution in [3.05, 3.63) is 29.8 Å². The van der Waals surface area contributed by atoms with Crippen molar-refractivity contribution in [1.82, 2.24) is 0 Å². The molecule has 4 fully saturated rings. The van der Waals surface area contributed by atoms with Crippen molar-refractivity contribution in [3.63, 3.8) is 0 Å². The molecule has 0 aromatic heterocycles. The molecule has 5 rings (SSSR count). The SMILES string of the molecule is N#CCc1ccc(NC2(C#N)C3CC4CC(C3)CC2C4)cc1. The standard InChI is InChI=1S/C19H21N3/c20-6-5-13-1-3-18(4-2-13)22-19(12-21)16-8-14-7-15(10-16)11-17(19)9-14/h1-4,14-17,22H,5,7-11H2. The smallest absolute Gasteiger partial charge is 0.131 e. The summed E-state index contributed by atoms with van der Waals surface area (Å²) in [6.45, 7) is 0. The quantitative estimate of drug-likeness (QED) is 0.919. The van der Waals surface area contributed by atoms with E-state index in [2.05, 4.69) is 17.5 Å². The summed E-state index contributed by atoms with van der Waals surface area (Å²) in [5, 5.41) is 22.4. The Kier molecular flexibility index (Phi) is 3.12. The van der Waals surface area contributed by atoms with Crippen LogP contribution in [0.5, 0.6) is 0 Å². The Bertz CT molecular complexity index is 619. The topological polar surface area (TPSA) is 59.6 Å². The molecule has 3 heteroatoms. The molecular weight excluding hydrogens is 270 g/mol. The van der Waals surface area contributed by atoms with Gasteiger partial charge in [-0.3, -0.25) is 0 Å². The predicted molar refractivity (Wildman–Crippen MR) is 84.8 cm³/mol. The van der Waals surface area contributed by atoms with Gasteiger partial charge >= 0.3 is 0 Å². The Morgan fingerprint density at radius 1 is 0.955 bits per heavy atom. The molecule has 0 amide bonds. The fourth-order valence-electron chi connectivity index (χ4n) is 5.38. The third kappa shape index (κ3) is 2.00. The van der Waals surface area contributed by atoms with Crippen LogP contribution < -0.4 is 5.32 Å². The van der Waals surface area contributed by atoms with Crippen LogP contribution in [-0.4, -0.2) is 5.54 Å². The number of benzene rings is 1. The second-order valence-corrected chi connectivity index (χ2v) is 7.44. The first-order chi connectivity index (χ1) is 10.7. The lowest BCUT2D eigenvalue weighted by Crippen LogP contribution is -2.61. The van der Waals surface area contributed by atoms with Gasteiger partial charge in [0.15, 0.2) is 0 Å². The van der Waals surface area contributed by atoms with Crippen molar-refractivity contribution in [2.45, 2.75) is 44.1 Å². The van der Waals surface area contributed by atoms with Crippen LogP contribution in [-0.2, 0) is 6.42 Å². The maximum Gasteiger partial charge on any atom is 0.131 e. The van der Waals surface area contributed by atoms with E-state index in [0.717, 1.165) is 23.1 Å². The van der Waals surface area contributed by atoms with E-state index in [-0.39, 0.29) is 5.54 Å². The molecule has 0 heterocycles. The average molecular weight is 291 g/mol. The molecule has 1 aromatic carbocycles. The van der Waals surface area contributed by atoms with E-state index in [9.17, 15) is 5.26 Å². The zero-order valence-corrected chi connectivity index (χ0v) is 12.8. The molecule has 0 spiro atoms. The lowest BCUT2D eigenvalue weighted by Gasteiger charge is -2.58. The number of nitrogens with one attached hydrogen (secondary N) is 1. The number of nitriles is 2. The average Bonchev–Trinajstić information content (AvgIpc) is 2.52. The third-order valence-corrected chi connectivity index (χ3v) is 6.20. The highest BCUT2D eigenvalue weighted by atomic mass is 15.0. The molecule has 22 heavy (non-hydrogen) atoms. The molecule has 0 aliphatic heterocycles. The molecule has 0 radical (unpaired) electrons. The minimum Gasteiger partial charge on any atom is -0.367 e. The molecule has 0 unspecified atom stereocenters. The van der Waals surface area contributed by atoms with Gasteiger partial charge < -0.3 is 5.32 Å². The number of rotatable bonds is 3. The largest absolute Gasteiger partial charge is 0.367 e. The highest BCUT2D eigenvalue weighted by Crippen LogP contribution is 2.58. The van der Waals surface area contributed by atoms with Gasteiger partial charge in [-0.15, -0.1) is 0 Å². The number of anilines is 1. The first-order valence-corrected chi connectivity index (χ1v) is 8.39. The summed E-state index contributed by atoms with van der Waals surface area (Å²) >= 11 is 0. The highest BCUT2D eigenvalue weighted by Gasteiger charge is 2.57. The summed E-state index contributed by atoms with van der Waals surface area (Å²) in [6, 6.07) is 12.9. The highest BCUT2D eigenvalue weighted by molar-refractivity contribution is 5.50. The lowest BCUT2D eigenvalue weighted by molar-refractivity contribution is -0.0206. The van der Waals surface area contributed by atoms with E-state index in [1.54, 1.807) is 0 Å². The van der Waals surface area contributed by atoms with Crippen LogP contribution in [0.15, 0.2) is 24.3 Å². The minimum atomic E-state index is -0.371. The number of nitrogens with zero attached hydrogens (tertiary/aromatic N) is 2. The van der Waals surface area contributed by atoms with E-state index in [4.69, 9.17) is 5.26 Å². The third-order valence-electron chi connectivity index (χ3n) is 6.20. The van der Waals surface area contributed by atoms with Crippen LogP contribution in [0, 0.1) is 46.3 Å². The Balaban J connectivity index is 1.60. The van der Waals surface area contributed by atoms with Gasteiger partial charge in [0.25, 0.3) is 0 Å². The van der Waals surface area contributed by atoms with Crippen LogP contribution in [0.2, 0.25) is 0 Å². The van der Waals surface area contributed by atoms with Crippen molar-refractivity contribution in [1.29, 1.82) is 10.5 Å². The van der Waals surface area contributed by atoms with Gasteiger partial charge in [0, 0.05) is 5.69 Å². The minimum absolute atomic E-state index is 0.371. The summed E-state index contributed by atoms with van der Waals surface area (Å²) in [5.74, 6) is 2.74. The summed E-state index contributed by atoms with van der Waals surface area (Å²) < 4.78 is 0. The second-order valence-electron chi connectivity index (χ2n) is 7.44. The Morgan fingerprint density at radius 2 is 1.55 bits per heavy atom. The molecule has 4 aliphatic rings. The zero-order chi connectivity index (χ0) is 15.2. The fraction of sp³-hybridized carbons (Fsp3) is 0.579. The summed E-state index contributed by atoms with van der Waals surface area (Å²) in [6.07, 6.45) is 6.73. The van der Waals surface area contributed by atoms with E-state index >= 15 is 0 Å². The van der Waals surface area contributed by atoms with Crippen LogP contribution in [0.25, 0.3) is 0 Å². The van der Waals surface area contributed by atoms with Crippen molar-refractivity contribution < 1.29 is 0 Å². The molecule has 4 aliphatic carbocycles. The van der Waals surface area contributed by atoms with Gasteiger partial charge in [0.05, 0.1) is 18.6 Å². The molecule has 4 saturated carbocycles. The number of hydrogen-bond donors (Lipinski definition) is 1. The molecule has 1 aromatic rings. The maximum atomic E-state index is 9.99. The Labute approximate surface area is 131 Å². The normalized spacial score (nSPS) is 38.3. The lowest BCUT2D eigenvalue weighted by atomic mass is 9.49. The first-order valence-electron chi connectivity index (χ1n) is 8.39. The van der Waals surface area contributed by atoms with Crippen molar-refractivity contribution >= 4 is 5.69 Å². The fourth-order valence-corrected chi connectivity index (χ4v) is 5.38. The van der Waals surface area contributed by atoms with E-state index in [1.807, 2.05) is 24.3 Å². The van der Waals surface area contributed by atoms with Crippen LogP contribution >= 0.6 is 0 Å². The summed E-state index contributed by atoms with van der Waals surface area (Å²) in [4.78, 5) is 0. The molecule has 0 atom stereocenters. The Morgan fingerprint density at radius 3 is 2.05 bits per heavy atom. The van der Waals surface area contributed by atoms with Gasteiger partial charge in [0.1, 0.15) is 5.54 Å².